The lowest BCUT2D eigenvalue weighted by Gasteiger charge is -2.33. The molecule has 0 aromatic carbocycles. The van der Waals surface area contributed by atoms with Crippen LogP contribution in [0.25, 0.3) is 0 Å². The summed E-state index contributed by atoms with van der Waals surface area (Å²) in [7, 11) is 0. The quantitative estimate of drug-likeness (QED) is 0.486. The second kappa shape index (κ2) is 6.17. The Hall–Kier alpha value is -0.340. The van der Waals surface area contributed by atoms with Crippen LogP contribution in [0.2, 0.25) is 0 Å². The Balaban J connectivity index is 4.27. The van der Waals surface area contributed by atoms with Crippen molar-refractivity contribution in [3.63, 3.8) is 0 Å². The molecule has 0 spiro atoms. The van der Waals surface area contributed by atoms with Crippen LogP contribution in [0, 0.1) is 5.41 Å². The summed E-state index contributed by atoms with van der Waals surface area (Å²) in [5.74, 6) is 0. The highest BCUT2D eigenvalue weighted by molar-refractivity contribution is 4.86. The monoisotopic (exact) mass is 185 g/mol. The van der Waals surface area contributed by atoms with Crippen molar-refractivity contribution < 1.29 is 5.21 Å². The van der Waals surface area contributed by atoms with E-state index in [0.717, 1.165) is 25.8 Å². The van der Waals surface area contributed by atoms with Gasteiger partial charge >= 0.3 is 0 Å². The van der Waals surface area contributed by atoms with Crippen LogP contribution in [0.5, 0.6) is 0 Å². The van der Waals surface area contributed by atoms with Crippen molar-refractivity contribution in [3.8, 4) is 0 Å². The number of nitrogens with zero attached hydrogens (tertiary/aromatic N) is 1. The lowest BCUT2D eigenvalue weighted by Crippen LogP contribution is -2.34. The molecular weight excluding hydrogens is 162 g/mol. The normalized spacial score (nSPS) is 12.1. The summed E-state index contributed by atoms with van der Waals surface area (Å²) in [5, 5.41) is 10.9. The fourth-order valence-corrected chi connectivity index (χ4v) is 1.63. The molecule has 0 aliphatic carbocycles. The zero-order chi connectivity index (χ0) is 10.3. The summed E-state index contributed by atoms with van der Waals surface area (Å²) >= 11 is 0. The molecule has 0 aromatic heterocycles. The predicted molar refractivity (Wildman–Crippen MR) is 56.9 cm³/mol. The van der Waals surface area contributed by atoms with Gasteiger partial charge in [-0.05, 0) is 24.7 Å². The number of hydroxylamine groups is 2. The minimum Gasteiger partial charge on any atom is -0.314 e. The minimum absolute atomic E-state index is 0.215. The summed E-state index contributed by atoms with van der Waals surface area (Å²) in [6.07, 6.45) is 5.12. The van der Waals surface area contributed by atoms with Crippen molar-refractivity contribution in [2.45, 2.75) is 40.0 Å². The lowest BCUT2D eigenvalue weighted by molar-refractivity contribution is -0.114. The number of hydrogen-bond acceptors (Lipinski definition) is 2. The van der Waals surface area contributed by atoms with Crippen molar-refractivity contribution in [3.05, 3.63) is 12.7 Å². The van der Waals surface area contributed by atoms with Crippen LogP contribution in [0.1, 0.15) is 40.0 Å². The van der Waals surface area contributed by atoms with Gasteiger partial charge in [0.15, 0.2) is 0 Å². The average Bonchev–Trinajstić information content (AvgIpc) is 2.17. The molecule has 0 unspecified atom stereocenters. The smallest absolute Gasteiger partial charge is 0.0297 e. The van der Waals surface area contributed by atoms with E-state index in [-0.39, 0.29) is 5.41 Å². The Morgan fingerprint density at radius 2 is 1.85 bits per heavy atom. The number of allylic oxidation sites excluding steroid dienone is 1. The molecule has 0 bridgehead atoms. The standard InChI is InChI=1S/C11H23NO/c1-5-9-11(6-2,7-3)10-12(13)8-4/h5,13H,1,6-10H2,2-4H3. The first-order valence-corrected chi connectivity index (χ1v) is 5.18. The fraction of sp³-hybridized carbons (Fsp3) is 0.818. The molecule has 0 atom stereocenters. The highest BCUT2D eigenvalue weighted by atomic mass is 16.5. The maximum absolute atomic E-state index is 9.48. The van der Waals surface area contributed by atoms with Crippen LogP contribution in [0.4, 0.5) is 0 Å². The van der Waals surface area contributed by atoms with Crippen molar-refractivity contribution in [2.24, 2.45) is 5.41 Å². The van der Waals surface area contributed by atoms with E-state index in [1.807, 2.05) is 13.0 Å². The third-order valence-electron chi connectivity index (χ3n) is 2.96. The van der Waals surface area contributed by atoms with E-state index in [2.05, 4.69) is 20.4 Å². The fourth-order valence-electron chi connectivity index (χ4n) is 1.63. The average molecular weight is 185 g/mol. The zero-order valence-corrected chi connectivity index (χ0v) is 9.21. The van der Waals surface area contributed by atoms with Crippen molar-refractivity contribution >= 4 is 0 Å². The molecule has 0 saturated carbocycles. The van der Waals surface area contributed by atoms with Gasteiger partial charge in [-0.15, -0.1) is 6.58 Å². The van der Waals surface area contributed by atoms with Gasteiger partial charge in [0.1, 0.15) is 0 Å². The molecule has 0 radical (unpaired) electrons. The van der Waals surface area contributed by atoms with Crippen molar-refractivity contribution in [1.82, 2.24) is 5.06 Å². The van der Waals surface area contributed by atoms with Crippen LogP contribution < -0.4 is 0 Å². The highest BCUT2D eigenvalue weighted by Crippen LogP contribution is 2.31. The van der Waals surface area contributed by atoms with E-state index in [9.17, 15) is 5.21 Å². The molecule has 0 fully saturated rings. The van der Waals surface area contributed by atoms with Crippen molar-refractivity contribution in [2.75, 3.05) is 13.1 Å². The Kier molecular flexibility index (Phi) is 6.00. The predicted octanol–water partition coefficient (Wildman–Crippen LogP) is 3.08. The molecule has 0 aromatic rings. The second-order valence-corrected chi connectivity index (χ2v) is 3.68. The van der Waals surface area contributed by atoms with Crippen LogP contribution >= 0.6 is 0 Å². The second-order valence-electron chi connectivity index (χ2n) is 3.68. The highest BCUT2D eigenvalue weighted by Gasteiger charge is 2.26. The molecule has 0 saturated heterocycles. The van der Waals surface area contributed by atoms with Gasteiger partial charge in [0.25, 0.3) is 0 Å². The summed E-state index contributed by atoms with van der Waals surface area (Å²) < 4.78 is 0. The van der Waals surface area contributed by atoms with Crippen LogP contribution in [0.15, 0.2) is 12.7 Å². The van der Waals surface area contributed by atoms with Crippen LogP contribution in [-0.4, -0.2) is 23.4 Å². The lowest BCUT2D eigenvalue weighted by atomic mass is 9.79. The van der Waals surface area contributed by atoms with Gasteiger partial charge in [0.05, 0.1) is 0 Å². The van der Waals surface area contributed by atoms with E-state index in [1.54, 1.807) is 0 Å². The van der Waals surface area contributed by atoms with Gasteiger partial charge in [-0.3, -0.25) is 0 Å². The molecule has 0 aliphatic heterocycles. The Morgan fingerprint density at radius 1 is 1.31 bits per heavy atom. The van der Waals surface area contributed by atoms with E-state index < -0.39 is 0 Å². The van der Waals surface area contributed by atoms with Gasteiger partial charge in [0, 0.05) is 13.1 Å². The maximum Gasteiger partial charge on any atom is 0.0297 e. The molecule has 13 heavy (non-hydrogen) atoms. The summed E-state index contributed by atoms with van der Waals surface area (Å²) in [6, 6.07) is 0. The first-order valence-electron chi connectivity index (χ1n) is 5.18. The molecule has 2 nitrogen and oxygen atoms in total. The molecule has 0 aliphatic rings. The van der Waals surface area contributed by atoms with Gasteiger partial charge in [-0.25, -0.2) is 0 Å². The summed E-state index contributed by atoms with van der Waals surface area (Å²) in [4.78, 5) is 0. The largest absolute Gasteiger partial charge is 0.314 e. The Bertz CT molecular complexity index is 141. The molecule has 78 valence electrons. The molecule has 0 rings (SSSR count). The van der Waals surface area contributed by atoms with E-state index >= 15 is 0 Å². The molecular formula is C11H23NO. The van der Waals surface area contributed by atoms with E-state index in [1.165, 1.54) is 5.06 Å². The summed E-state index contributed by atoms with van der Waals surface area (Å²) in [5.41, 5.74) is 0.215. The topological polar surface area (TPSA) is 23.5 Å². The Morgan fingerprint density at radius 3 is 2.15 bits per heavy atom. The van der Waals surface area contributed by atoms with Gasteiger partial charge in [-0.1, -0.05) is 26.8 Å². The summed E-state index contributed by atoms with van der Waals surface area (Å²) in [6.45, 7) is 11.5. The number of rotatable bonds is 7. The third-order valence-corrected chi connectivity index (χ3v) is 2.96. The van der Waals surface area contributed by atoms with Gasteiger partial charge < -0.3 is 5.21 Å². The van der Waals surface area contributed by atoms with Crippen LogP contribution in [-0.2, 0) is 0 Å². The first kappa shape index (κ1) is 12.7. The zero-order valence-electron chi connectivity index (χ0n) is 9.21. The number of hydrogen-bond donors (Lipinski definition) is 1. The van der Waals surface area contributed by atoms with E-state index in [0.29, 0.717) is 6.54 Å². The third kappa shape index (κ3) is 3.92. The molecule has 2 heteroatoms. The molecule has 1 N–H and O–H groups in total. The minimum atomic E-state index is 0.215. The van der Waals surface area contributed by atoms with Gasteiger partial charge in [0.2, 0.25) is 0 Å². The SMILES string of the molecule is C=CCC(CC)(CC)CN(O)CC. The van der Waals surface area contributed by atoms with E-state index in [4.69, 9.17) is 0 Å². The van der Waals surface area contributed by atoms with Gasteiger partial charge in [-0.2, -0.15) is 5.06 Å². The first-order chi connectivity index (χ1) is 6.14. The van der Waals surface area contributed by atoms with Crippen LogP contribution in [0.3, 0.4) is 0 Å². The maximum atomic E-state index is 9.48. The molecule has 0 amide bonds. The Labute approximate surface area is 82.2 Å². The molecule has 0 heterocycles. The van der Waals surface area contributed by atoms with Crippen molar-refractivity contribution in [1.29, 1.82) is 0 Å².